The van der Waals surface area contributed by atoms with E-state index in [-0.39, 0.29) is 34.7 Å². The van der Waals surface area contributed by atoms with Crippen LogP contribution < -0.4 is 15.5 Å². The van der Waals surface area contributed by atoms with Crippen LogP contribution in [-0.4, -0.2) is 47.3 Å². The Morgan fingerprint density at radius 3 is 2.70 bits per heavy atom. The number of carbonyl (C=O) groups is 3. The van der Waals surface area contributed by atoms with E-state index in [1.165, 1.54) is 13.4 Å². The number of imidazole rings is 1. The summed E-state index contributed by atoms with van der Waals surface area (Å²) in [7, 11) is 1.50. The minimum atomic E-state index is -0.391. The summed E-state index contributed by atoms with van der Waals surface area (Å²) in [6.45, 7) is 0.680. The zero-order valence-electron chi connectivity index (χ0n) is 16.7. The van der Waals surface area contributed by atoms with E-state index < -0.39 is 5.91 Å². The van der Waals surface area contributed by atoms with E-state index in [2.05, 4.69) is 20.6 Å². The van der Waals surface area contributed by atoms with Gasteiger partial charge in [-0.05, 0) is 50.3 Å². The molecule has 0 radical (unpaired) electrons. The molecule has 1 aliphatic heterocycles. The molecule has 1 aromatic carbocycles. The van der Waals surface area contributed by atoms with Crippen LogP contribution in [0.4, 0.5) is 5.69 Å². The monoisotopic (exact) mass is 429 g/mol. The molecular formula is C21H24ClN5O3. The van der Waals surface area contributed by atoms with E-state index in [0.717, 1.165) is 24.9 Å². The summed E-state index contributed by atoms with van der Waals surface area (Å²) in [5, 5.41) is 6.07. The van der Waals surface area contributed by atoms with Gasteiger partial charge in [-0.3, -0.25) is 14.4 Å². The minimum Gasteiger partial charge on any atom is -0.354 e. The SMILES string of the molecule is CNC(=O)c1[nH]cnc1C(=O)NC1CCC2(CC1)CCN(c1cccc(Cl)c1)C2=O. The fourth-order valence-electron chi connectivity index (χ4n) is 4.51. The molecule has 1 aromatic heterocycles. The van der Waals surface area contributed by atoms with Crippen molar-refractivity contribution in [3.05, 3.63) is 47.0 Å². The zero-order valence-corrected chi connectivity index (χ0v) is 17.5. The van der Waals surface area contributed by atoms with Crippen molar-refractivity contribution in [1.82, 2.24) is 20.6 Å². The molecule has 2 aromatic rings. The predicted molar refractivity (Wildman–Crippen MR) is 113 cm³/mol. The van der Waals surface area contributed by atoms with Crippen LogP contribution in [0, 0.1) is 5.41 Å². The molecule has 0 bridgehead atoms. The number of hydrogen-bond donors (Lipinski definition) is 3. The van der Waals surface area contributed by atoms with E-state index in [1.54, 1.807) is 6.07 Å². The smallest absolute Gasteiger partial charge is 0.272 e. The Morgan fingerprint density at radius 1 is 1.23 bits per heavy atom. The second-order valence-corrected chi connectivity index (χ2v) is 8.36. The Kier molecular flexibility index (Phi) is 5.51. The van der Waals surface area contributed by atoms with Crippen LogP contribution in [0.3, 0.4) is 0 Å². The normalized spacial score (nSPS) is 23.6. The lowest BCUT2D eigenvalue weighted by Gasteiger charge is -2.36. The molecule has 8 nitrogen and oxygen atoms in total. The standard InChI is InChI=1S/C21H24ClN5O3/c1-23-18(28)16-17(25-12-24-16)19(29)26-14-5-7-21(8-6-14)9-10-27(20(21)30)15-4-2-3-13(22)11-15/h2-4,11-12,14H,5-10H2,1H3,(H,23,28)(H,24,25)(H,26,29). The Hall–Kier alpha value is -2.87. The first kappa shape index (κ1) is 20.4. The highest BCUT2D eigenvalue weighted by Crippen LogP contribution is 2.46. The molecule has 3 amide bonds. The average Bonchev–Trinajstić information content (AvgIpc) is 3.35. The third-order valence-electron chi connectivity index (χ3n) is 6.22. The van der Waals surface area contributed by atoms with Gasteiger partial charge in [0, 0.05) is 30.3 Å². The molecule has 158 valence electrons. The fraction of sp³-hybridized carbons (Fsp3) is 0.429. The number of benzene rings is 1. The molecule has 1 aliphatic carbocycles. The third-order valence-corrected chi connectivity index (χ3v) is 6.45. The van der Waals surface area contributed by atoms with Crippen molar-refractivity contribution >= 4 is 35.0 Å². The number of rotatable bonds is 4. The third kappa shape index (κ3) is 3.67. The lowest BCUT2D eigenvalue weighted by atomic mass is 9.71. The molecular weight excluding hydrogens is 406 g/mol. The van der Waals surface area contributed by atoms with Crippen molar-refractivity contribution in [3.8, 4) is 0 Å². The summed E-state index contributed by atoms with van der Waals surface area (Å²) in [4.78, 5) is 46.2. The number of halogens is 1. The molecule has 1 saturated heterocycles. The first-order chi connectivity index (χ1) is 14.4. The number of H-pyrrole nitrogens is 1. The van der Waals surface area contributed by atoms with Crippen molar-refractivity contribution in [1.29, 1.82) is 0 Å². The van der Waals surface area contributed by atoms with Gasteiger partial charge in [-0.1, -0.05) is 17.7 Å². The highest BCUT2D eigenvalue weighted by Gasteiger charge is 2.48. The van der Waals surface area contributed by atoms with Crippen LogP contribution in [0.5, 0.6) is 0 Å². The first-order valence-corrected chi connectivity index (χ1v) is 10.5. The van der Waals surface area contributed by atoms with Gasteiger partial charge in [0.1, 0.15) is 5.69 Å². The largest absolute Gasteiger partial charge is 0.354 e. The summed E-state index contributed by atoms with van der Waals surface area (Å²) in [5.41, 5.74) is 0.688. The van der Waals surface area contributed by atoms with E-state index in [1.807, 2.05) is 23.1 Å². The van der Waals surface area contributed by atoms with E-state index in [9.17, 15) is 14.4 Å². The summed E-state index contributed by atoms with van der Waals surface area (Å²) < 4.78 is 0. The molecule has 30 heavy (non-hydrogen) atoms. The maximum atomic E-state index is 13.2. The van der Waals surface area contributed by atoms with Crippen molar-refractivity contribution in [3.63, 3.8) is 0 Å². The lowest BCUT2D eigenvalue weighted by Crippen LogP contribution is -2.44. The maximum absolute atomic E-state index is 13.2. The number of amides is 3. The molecule has 2 fully saturated rings. The van der Waals surface area contributed by atoms with Gasteiger partial charge in [0.05, 0.1) is 11.7 Å². The number of aromatic nitrogens is 2. The summed E-state index contributed by atoms with van der Waals surface area (Å²) in [6.07, 6.45) is 4.99. The van der Waals surface area contributed by atoms with Crippen molar-refractivity contribution in [2.45, 2.75) is 38.1 Å². The topological polar surface area (TPSA) is 107 Å². The van der Waals surface area contributed by atoms with Crippen LogP contribution in [0.25, 0.3) is 0 Å². The summed E-state index contributed by atoms with van der Waals surface area (Å²) in [5.74, 6) is -0.629. The van der Waals surface area contributed by atoms with Crippen LogP contribution in [0.15, 0.2) is 30.6 Å². The molecule has 9 heteroatoms. The Balaban J connectivity index is 1.38. The van der Waals surface area contributed by atoms with Crippen LogP contribution in [0.2, 0.25) is 5.02 Å². The number of nitrogens with zero attached hydrogens (tertiary/aromatic N) is 2. The average molecular weight is 430 g/mol. The number of nitrogens with one attached hydrogen (secondary N) is 3. The second kappa shape index (κ2) is 8.10. The van der Waals surface area contributed by atoms with Gasteiger partial charge in [0.2, 0.25) is 5.91 Å². The second-order valence-electron chi connectivity index (χ2n) is 7.92. The number of aromatic amines is 1. The van der Waals surface area contributed by atoms with E-state index in [0.29, 0.717) is 24.4 Å². The zero-order chi connectivity index (χ0) is 21.3. The highest BCUT2D eigenvalue weighted by atomic mass is 35.5. The fourth-order valence-corrected chi connectivity index (χ4v) is 4.69. The molecule has 4 rings (SSSR count). The molecule has 1 spiro atoms. The molecule has 0 atom stereocenters. The van der Waals surface area contributed by atoms with E-state index >= 15 is 0 Å². The molecule has 0 unspecified atom stereocenters. The van der Waals surface area contributed by atoms with Gasteiger partial charge in [0.25, 0.3) is 11.8 Å². The van der Waals surface area contributed by atoms with Gasteiger partial charge in [-0.15, -0.1) is 0 Å². The predicted octanol–water partition coefficient (Wildman–Crippen LogP) is 2.52. The van der Waals surface area contributed by atoms with Crippen molar-refractivity contribution in [2.24, 2.45) is 5.41 Å². The molecule has 3 N–H and O–H groups in total. The number of anilines is 1. The van der Waals surface area contributed by atoms with Gasteiger partial charge in [-0.2, -0.15) is 0 Å². The Bertz CT molecular complexity index is 981. The lowest BCUT2D eigenvalue weighted by molar-refractivity contribution is -0.127. The minimum absolute atomic E-state index is 0.0506. The Morgan fingerprint density at radius 2 is 2.00 bits per heavy atom. The van der Waals surface area contributed by atoms with Gasteiger partial charge >= 0.3 is 0 Å². The Labute approximate surface area is 179 Å². The highest BCUT2D eigenvalue weighted by molar-refractivity contribution is 6.31. The van der Waals surface area contributed by atoms with Crippen LogP contribution >= 0.6 is 11.6 Å². The maximum Gasteiger partial charge on any atom is 0.272 e. The van der Waals surface area contributed by atoms with E-state index in [4.69, 9.17) is 11.6 Å². The van der Waals surface area contributed by atoms with Crippen molar-refractivity contribution < 1.29 is 14.4 Å². The van der Waals surface area contributed by atoms with Crippen molar-refractivity contribution in [2.75, 3.05) is 18.5 Å². The van der Waals surface area contributed by atoms with Gasteiger partial charge in [0.15, 0.2) is 5.69 Å². The molecule has 1 saturated carbocycles. The first-order valence-electron chi connectivity index (χ1n) is 10.1. The van der Waals surface area contributed by atoms with Crippen LogP contribution in [-0.2, 0) is 4.79 Å². The quantitative estimate of drug-likeness (QED) is 0.694. The summed E-state index contributed by atoms with van der Waals surface area (Å²) in [6, 6.07) is 7.32. The molecule has 2 heterocycles. The number of carbonyl (C=O) groups excluding carboxylic acids is 3. The van der Waals surface area contributed by atoms with Gasteiger partial charge in [-0.25, -0.2) is 4.98 Å². The van der Waals surface area contributed by atoms with Crippen LogP contribution in [0.1, 0.15) is 53.1 Å². The number of hydrogen-bond acceptors (Lipinski definition) is 4. The molecule has 2 aliphatic rings. The van der Waals surface area contributed by atoms with Gasteiger partial charge < -0.3 is 20.5 Å². The summed E-state index contributed by atoms with van der Waals surface area (Å²) >= 11 is 6.09.